The molecule has 0 N–H and O–H groups in total. The van der Waals surface area contributed by atoms with Gasteiger partial charge in [0.05, 0.1) is 0 Å². The maximum atomic E-state index is 2.53. The minimum Gasteiger partial charge on any atom is -0.298 e. The zero-order valence-corrected chi connectivity index (χ0v) is 9.28. The van der Waals surface area contributed by atoms with Crippen LogP contribution in [-0.4, -0.2) is 18.0 Å². The average Bonchev–Trinajstić information content (AvgIpc) is 2.59. The Morgan fingerprint density at radius 3 is 3.00 bits per heavy atom. The summed E-state index contributed by atoms with van der Waals surface area (Å²) in [7, 11) is 0. The monoisotopic (exact) mass is 195 g/mol. The van der Waals surface area contributed by atoms with Crippen molar-refractivity contribution in [1.29, 1.82) is 0 Å². The molecule has 13 heavy (non-hydrogen) atoms. The van der Waals surface area contributed by atoms with Crippen molar-refractivity contribution in [3.05, 3.63) is 21.4 Å². The molecule has 1 aromatic rings. The van der Waals surface area contributed by atoms with Crippen LogP contribution in [0.1, 0.15) is 29.9 Å². The van der Waals surface area contributed by atoms with Gasteiger partial charge in [-0.2, -0.15) is 0 Å². The Balaban J connectivity index is 2.22. The number of nitrogens with zero attached hydrogens (tertiary/aromatic N) is 1. The van der Waals surface area contributed by atoms with Crippen LogP contribution in [0.25, 0.3) is 0 Å². The van der Waals surface area contributed by atoms with Crippen molar-refractivity contribution in [3.63, 3.8) is 0 Å². The van der Waals surface area contributed by atoms with Gasteiger partial charge in [-0.1, -0.05) is 13.8 Å². The molecule has 0 spiro atoms. The molecule has 0 bridgehead atoms. The van der Waals surface area contributed by atoms with Gasteiger partial charge in [-0.15, -0.1) is 11.3 Å². The van der Waals surface area contributed by atoms with E-state index < -0.39 is 0 Å². The molecular weight excluding hydrogens is 178 g/mol. The van der Waals surface area contributed by atoms with Gasteiger partial charge < -0.3 is 0 Å². The van der Waals surface area contributed by atoms with Crippen LogP contribution in [-0.2, 0) is 19.4 Å². The zero-order valence-electron chi connectivity index (χ0n) is 8.47. The first-order chi connectivity index (χ1) is 6.35. The summed E-state index contributed by atoms with van der Waals surface area (Å²) in [6, 6.07) is 0. The molecule has 2 heteroatoms. The summed E-state index contributed by atoms with van der Waals surface area (Å²) in [4.78, 5) is 4.14. The number of aryl methyl sites for hydroxylation is 1. The third-order valence-corrected chi connectivity index (χ3v) is 4.00. The molecule has 2 heterocycles. The highest BCUT2D eigenvalue weighted by Crippen LogP contribution is 2.28. The van der Waals surface area contributed by atoms with Gasteiger partial charge in [0.25, 0.3) is 0 Å². The molecule has 1 aliphatic heterocycles. The normalized spacial score (nSPS) is 17.4. The Bertz CT molecular complexity index is 290. The van der Waals surface area contributed by atoms with Crippen molar-refractivity contribution in [2.75, 3.05) is 13.1 Å². The van der Waals surface area contributed by atoms with Crippen LogP contribution in [0.4, 0.5) is 0 Å². The minimum absolute atomic E-state index is 1.19. The van der Waals surface area contributed by atoms with E-state index in [2.05, 4.69) is 24.1 Å². The highest BCUT2D eigenvalue weighted by atomic mass is 32.1. The molecule has 0 amide bonds. The summed E-state index contributed by atoms with van der Waals surface area (Å²) in [5.74, 6) is 0. The quantitative estimate of drug-likeness (QED) is 0.701. The second-order valence-corrected chi connectivity index (χ2v) is 4.60. The molecule has 0 saturated carbocycles. The minimum atomic E-state index is 1.19. The SMILES string of the molecule is CCc1csc2c1CCN(CC)C2. The lowest BCUT2D eigenvalue weighted by Gasteiger charge is -2.25. The number of thiophene rings is 1. The van der Waals surface area contributed by atoms with Crippen LogP contribution < -0.4 is 0 Å². The lowest BCUT2D eigenvalue weighted by molar-refractivity contribution is 0.271. The van der Waals surface area contributed by atoms with E-state index in [1.807, 2.05) is 11.3 Å². The van der Waals surface area contributed by atoms with Crippen molar-refractivity contribution >= 4 is 11.3 Å². The third-order valence-electron chi connectivity index (χ3n) is 2.94. The molecule has 0 saturated heterocycles. The van der Waals surface area contributed by atoms with Crippen molar-refractivity contribution < 1.29 is 0 Å². The first-order valence-corrected chi connectivity index (χ1v) is 6.03. The maximum absolute atomic E-state index is 2.53. The topological polar surface area (TPSA) is 3.24 Å². The zero-order chi connectivity index (χ0) is 9.26. The van der Waals surface area contributed by atoms with Crippen LogP contribution in [0.15, 0.2) is 5.38 Å². The molecule has 0 atom stereocenters. The van der Waals surface area contributed by atoms with Crippen LogP contribution in [0, 0.1) is 0 Å². The van der Waals surface area contributed by atoms with Crippen LogP contribution in [0.2, 0.25) is 0 Å². The van der Waals surface area contributed by atoms with Gasteiger partial charge in [0.1, 0.15) is 0 Å². The predicted octanol–water partition coefficient (Wildman–Crippen LogP) is 2.69. The van der Waals surface area contributed by atoms with Gasteiger partial charge in [-0.25, -0.2) is 0 Å². The lowest BCUT2D eigenvalue weighted by atomic mass is 10.0. The molecule has 0 aromatic carbocycles. The van der Waals surface area contributed by atoms with E-state index in [0.717, 1.165) is 0 Å². The molecule has 72 valence electrons. The summed E-state index contributed by atoms with van der Waals surface area (Å²) < 4.78 is 0. The van der Waals surface area contributed by atoms with Crippen molar-refractivity contribution in [3.8, 4) is 0 Å². The Hall–Kier alpha value is -0.340. The van der Waals surface area contributed by atoms with E-state index in [1.165, 1.54) is 32.5 Å². The first-order valence-electron chi connectivity index (χ1n) is 5.15. The molecule has 0 radical (unpaired) electrons. The molecular formula is C11H17NS. The van der Waals surface area contributed by atoms with Gasteiger partial charge in [-0.3, -0.25) is 4.90 Å². The standard InChI is InChI=1S/C11H17NS/c1-3-9-8-13-11-7-12(4-2)6-5-10(9)11/h8H,3-7H2,1-2H3. The fourth-order valence-electron chi connectivity index (χ4n) is 2.01. The lowest BCUT2D eigenvalue weighted by Crippen LogP contribution is -2.29. The van der Waals surface area contributed by atoms with Gasteiger partial charge in [-0.05, 0) is 35.9 Å². The van der Waals surface area contributed by atoms with E-state index in [1.54, 1.807) is 16.0 Å². The van der Waals surface area contributed by atoms with E-state index in [4.69, 9.17) is 0 Å². The summed E-state index contributed by atoms with van der Waals surface area (Å²) in [6.07, 6.45) is 2.48. The van der Waals surface area contributed by atoms with E-state index >= 15 is 0 Å². The van der Waals surface area contributed by atoms with Crippen molar-refractivity contribution in [2.24, 2.45) is 0 Å². The Kier molecular flexibility index (Phi) is 2.70. The number of likely N-dealkylation sites (N-methyl/N-ethyl adjacent to an activating group) is 1. The molecule has 0 aliphatic carbocycles. The van der Waals surface area contributed by atoms with Crippen molar-refractivity contribution in [1.82, 2.24) is 4.90 Å². The molecule has 1 aliphatic rings. The van der Waals surface area contributed by atoms with Crippen LogP contribution in [0.3, 0.4) is 0 Å². The van der Waals surface area contributed by atoms with E-state index in [9.17, 15) is 0 Å². The fourth-order valence-corrected chi connectivity index (χ4v) is 3.24. The van der Waals surface area contributed by atoms with Crippen LogP contribution in [0.5, 0.6) is 0 Å². The second-order valence-electron chi connectivity index (χ2n) is 3.63. The average molecular weight is 195 g/mol. The number of hydrogen-bond donors (Lipinski definition) is 0. The van der Waals surface area contributed by atoms with E-state index in [-0.39, 0.29) is 0 Å². The summed E-state index contributed by atoms with van der Waals surface area (Å²) in [5.41, 5.74) is 3.26. The van der Waals surface area contributed by atoms with Gasteiger partial charge in [0.15, 0.2) is 0 Å². The second kappa shape index (κ2) is 3.81. The Morgan fingerprint density at radius 1 is 1.46 bits per heavy atom. The smallest absolute Gasteiger partial charge is 0.0330 e. The van der Waals surface area contributed by atoms with Gasteiger partial charge in [0.2, 0.25) is 0 Å². The van der Waals surface area contributed by atoms with E-state index in [0.29, 0.717) is 0 Å². The summed E-state index contributed by atoms with van der Waals surface area (Å²) in [5, 5.41) is 2.35. The third kappa shape index (κ3) is 1.65. The largest absolute Gasteiger partial charge is 0.298 e. The summed E-state index contributed by atoms with van der Waals surface area (Å²) >= 11 is 1.95. The molecule has 2 rings (SSSR count). The highest BCUT2D eigenvalue weighted by molar-refractivity contribution is 7.10. The van der Waals surface area contributed by atoms with Gasteiger partial charge in [0, 0.05) is 18.0 Å². The molecule has 0 fully saturated rings. The predicted molar refractivity (Wildman–Crippen MR) is 58.4 cm³/mol. The van der Waals surface area contributed by atoms with Gasteiger partial charge >= 0.3 is 0 Å². The molecule has 1 nitrogen and oxygen atoms in total. The molecule has 0 unspecified atom stereocenters. The fraction of sp³-hybridized carbons (Fsp3) is 0.636. The number of hydrogen-bond acceptors (Lipinski definition) is 2. The van der Waals surface area contributed by atoms with Crippen LogP contribution >= 0.6 is 11.3 Å². The number of rotatable bonds is 2. The molecule has 1 aromatic heterocycles. The maximum Gasteiger partial charge on any atom is 0.0330 e. The number of fused-ring (bicyclic) bond motifs is 1. The Morgan fingerprint density at radius 2 is 2.31 bits per heavy atom. The Labute approximate surface area is 84.4 Å². The summed E-state index contributed by atoms with van der Waals surface area (Å²) in [6.45, 7) is 8.15. The first kappa shape index (κ1) is 9.22. The highest BCUT2D eigenvalue weighted by Gasteiger charge is 2.18. The van der Waals surface area contributed by atoms with Crippen molar-refractivity contribution in [2.45, 2.75) is 33.2 Å².